The van der Waals surface area contributed by atoms with E-state index >= 15 is 0 Å². The van der Waals surface area contributed by atoms with E-state index in [0.29, 0.717) is 17.3 Å². The van der Waals surface area contributed by atoms with Gasteiger partial charge < -0.3 is 19.6 Å². The summed E-state index contributed by atoms with van der Waals surface area (Å²) in [6.45, 7) is 0.879. The molecule has 0 spiro atoms. The molecule has 3 aromatic rings. The first-order valence-electron chi connectivity index (χ1n) is 9.85. The van der Waals surface area contributed by atoms with E-state index in [1.54, 1.807) is 6.20 Å². The first-order valence-corrected chi connectivity index (χ1v) is 9.85. The second kappa shape index (κ2) is 9.24. The number of alkyl halides is 6. The number of carboxylic acid groups (broad SMARTS) is 1. The maximum atomic E-state index is 13.7. The normalized spacial score (nSPS) is 12.2. The Kier molecular flexibility index (Phi) is 6.80. The molecular weight excluding hydrogens is 456 g/mol. The highest BCUT2D eigenvalue weighted by molar-refractivity contribution is 5.84. The van der Waals surface area contributed by atoms with Gasteiger partial charge in [-0.25, -0.2) is 4.79 Å². The van der Waals surface area contributed by atoms with Crippen LogP contribution in [-0.4, -0.2) is 22.7 Å². The lowest BCUT2D eigenvalue weighted by Crippen LogP contribution is -2.16. The fourth-order valence-corrected chi connectivity index (χ4v) is 3.27. The summed E-state index contributed by atoms with van der Waals surface area (Å²) >= 11 is 0. The molecule has 0 fully saturated rings. The number of rotatable bonds is 8. The van der Waals surface area contributed by atoms with Gasteiger partial charge in [0.15, 0.2) is 12.4 Å². The van der Waals surface area contributed by atoms with Gasteiger partial charge in [-0.3, -0.25) is 0 Å². The lowest BCUT2D eigenvalue weighted by molar-refractivity contribution is -0.145. The number of carboxylic acids is 1. The lowest BCUT2D eigenvalue weighted by atomic mass is 10.1. The summed E-state index contributed by atoms with van der Waals surface area (Å²) in [4.78, 5) is 13.6. The molecule has 1 aromatic heterocycles. The van der Waals surface area contributed by atoms with E-state index in [2.05, 4.69) is 9.72 Å². The van der Waals surface area contributed by atoms with Gasteiger partial charge in [0.25, 0.3) is 0 Å². The smallest absolute Gasteiger partial charge is 0.420 e. The van der Waals surface area contributed by atoms with Crippen molar-refractivity contribution in [3.05, 3.63) is 53.2 Å². The number of fused-ring (bicyclic) bond motifs is 1. The van der Waals surface area contributed by atoms with Crippen LogP contribution < -0.4 is 9.47 Å². The second-order valence-corrected chi connectivity index (χ2v) is 7.25. The summed E-state index contributed by atoms with van der Waals surface area (Å²) in [5.41, 5.74) is -1.95. The van der Waals surface area contributed by atoms with Gasteiger partial charge in [0, 0.05) is 17.1 Å². The molecular formula is C22H19F6NO4. The maximum Gasteiger partial charge on any atom is 0.420 e. The number of aromatic nitrogens is 1. The molecule has 0 saturated heterocycles. The van der Waals surface area contributed by atoms with Crippen molar-refractivity contribution in [1.29, 1.82) is 0 Å². The van der Waals surface area contributed by atoms with E-state index < -0.39 is 47.6 Å². The quantitative estimate of drug-likeness (QED) is 0.352. The van der Waals surface area contributed by atoms with Gasteiger partial charge in [-0.15, -0.1) is 0 Å². The predicted molar refractivity (Wildman–Crippen MR) is 107 cm³/mol. The molecule has 0 radical (unpaired) electrons. The summed E-state index contributed by atoms with van der Waals surface area (Å²) in [6, 6.07) is 4.72. The monoisotopic (exact) mass is 475 g/mol. The van der Waals surface area contributed by atoms with Crippen LogP contribution in [0.3, 0.4) is 0 Å². The number of halogens is 6. The number of nitrogens with one attached hydrogen (secondary N) is 1. The van der Waals surface area contributed by atoms with E-state index in [1.807, 2.05) is 6.92 Å². The SMILES string of the molecule is CCCCc1c[nH]c2ccc(Oc3c(C(F)(F)F)cc(OCC(=O)O)cc3C(F)(F)F)cc12. The molecule has 2 aromatic carbocycles. The second-order valence-electron chi connectivity index (χ2n) is 7.25. The standard InChI is InChI=1S/C22H19F6NO4/c1-2-3-4-12-10-29-18-6-5-13(7-15(12)18)33-20-16(21(23,24)25)8-14(32-11-19(30)31)9-17(20)22(26,27)28/h5-10,29H,2-4,11H2,1H3,(H,30,31). The maximum absolute atomic E-state index is 13.7. The zero-order valence-corrected chi connectivity index (χ0v) is 17.2. The van der Waals surface area contributed by atoms with Crippen LogP contribution in [0.15, 0.2) is 36.5 Å². The van der Waals surface area contributed by atoms with Crippen molar-refractivity contribution in [3.8, 4) is 17.2 Å². The Morgan fingerprint density at radius 3 is 2.18 bits per heavy atom. The summed E-state index contributed by atoms with van der Waals surface area (Å²) in [5, 5.41) is 9.26. The van der Waals surface area contributed by atoms with Crippen molar-refractivity contribution in [2.24, 2.45) is 0 Å². The average molecular weight is 475 g/mol. The lowest BCUT2D eigenvalue weighted by Gasteiger charge is -2.20. The van der Waals surface area contributed by atoms with Gasteiger partial charge in [-0.2, -0.15) is 26.3 Å². The van der Waals surface area contributed by atoms with Crippen molar-refractivity contribution in [2.75, 3.05) is 6.61 Å². The predicted octanol–water partition coefficient (Wildman–Crippen LogP) is 6.80. The number of carbonyl (C=O) groups is 1. The van der Waals surface area contributed by atoms with Crippen LogP contribution in [0.5, 0.6) is 17.2 Å². The molecule has 2 N–H and O–H groups in total. The number of H-pyrrole nitrogens is 1. The molecule has 0 saturated carbocycles. The van der Waals surface area contributed by atoms with Crippen LogP contribution in [0.25, 0.3) is 10.9 Å². The molecule has 0 aliphatic rings. The van der Waals surface area contributed by atoms with Crippen LogP contribution in [-0.2, 0) is 23.6 Å². The number of aryl methyl sites for hydroxylation is 1. The highest BCUT2D eigenvalue weighted by Gasteiger charge is 2.43. The van der Waals surface area contributed by atoms with E-state index in [-0.39, 0.29) is 17.9 Å². The molecule has 33 heavy (non-hydrogen) atoms. The van der Waals surface area contributed by atoms with E-state index in [9.17, 15) is 31.1 Å². The Balaban J connectivity index is 2.11. The molecule has 0 bridgehead atoms. The summed E-state index contributed by atoms with van der Waals surface area (Å²) in [6.07, 6.45) is -6.29. The summed E-state index contributed by atoms with van der Waals surface area (Å²) in [5.74, 6) is -4.11. The van der Waals surface area contributed by atoms with Gasteiger partial charge >= 0.3 is 18.3 Å². The van der Waals surface area contributed by atoms with Crippen molar-refractivity contribution >= 4 is 16.9 Å². The third kappa shape index (κ3) is 5.71. The highest BCUT2D eigenvalue weighted by atomic mass is 19.4. The first-order chi connectivity index (χ1) is 15.4. The fourth-order valence-electron chi connectivity index (χ4n) is 3.27. The van der Waals surface area contributed by atoms with E-state index in [4.69, 9.17) is 9.84 Å². The third-order valence-corrected chi connectivity index (χ3v) is 4.79. The van der Waals surface area contributed by atoms with Crippen LogP contribution >= 0.6 is 0 Å². The molecule has 0 aliphatic heterocycles. The van der Waals surface area contributed by atoms with Gasteiger partial charge in [-0.05, 0) is 48.7 Å². The Labute approximate surface area is 183 Å². The van der Waals surface area contributed by atoms with E-state index in [0.717, 1.165) is 18.4 Å². The minimum Gasteiger partial charge on any atom is -0.482 e. The van der Waals surface area contributed by atoms with Crippen molar-refractivity contribution in [1.82, 2.24) is 4.98 Å². The number of unbranched alkanes of at least 4 members (excludes halogenated alkanes) is 1. The third-order valence-electron chi connectivity index (χ3n) is 4.79. The first kappa shape index (κ1) is 24.3. The Morgan fingerprint density at radius 1 is 1.00 bits per heavy atom. The zero-order chi connectivity index (χ0) is 24.4. The van der Waals surface area contributed by atoms with Crippen LogP contribution in [0.1, 0.15) is 36.5 Å². The number of aliphatic carboxylic acids is 1. The Hall–Kier alpha value is -3.37. The number of ether oxygens (including phenoxy) is 2. The Morgan fingerprint density at radius 2 is 1.64 bits per heavy atom. The molecule has 0 aliphatic carbocycles. The average Bonchev–Trinajstić information content (AvgIpc) is 3.11. The molecule has 3 rings (SSSR count). The topological polar surface area (TPSA) is 71.5 Å². The number of benzene rings is 2. The molecule has 5 nitrogen and oxygen atoms in total. The largest absolute Gasteiger partial charge is 0.482 e. The fraction of sp³-hybridized carbons (Fsp3) is 0.318. The molecule has 0 atom stereocenters. The molecule has 0 unspecified atom stereocenters. The molecule has 0 amide bonds. The summed E-state index contributed by atoms with van der Waals surface area (Å²) in [7, 11) is 0. The summed E-state index contributed by atoms with van der Waals surface area (Å²) < 4.78 is 91.9. The minimum absolute atomic E-state index is 0.213. The molecule has 178 valence electrons. The number of hydrogen-bond donors (Lipinski definition) is 2. The highest BCUT2D eigenvalue weighted by Crippen LogP contribution is 2.48. The zero-order valence-electron chi connectivity index (χ0n) is 17.2. The molecule has 11 heteroatoms. The van der Waals surface area contributed by atoms with Crippen LogP contribution in [0.4, 0.5) is 26.3 Å². The van der Waals surface area contributed by atoms with Gasteiger partial charge in [-0.1, -0.05) is 13.3 Å². The van der Waals surface area contributed by atoms with Crippen LogP contribution in [0.2, 0.25) is 0 Å². The van der Waals surface area contributed by atoms with Crippen molar-refractivity contribution in [2.45, 2.75) is 38.5 Å². The number of aromatic amines is 1. The van der Waals surface area contributed by atoms with Crippen molar-refractivity contribution < 1.29 is 45.7 Å². The minimum atomic E-state index is -5.23. The van der Waals surface area contributed by atoms with Crippen LogP contribution in [0, 0.1) is 0 Å². The van der Waals surface area contributed by atoms with E-state index in [1.165, 1.54) is 18.2 Å². The van der Waals surface area contributed by atoms with Gasteiger partial charge in [0.05, 0.1) is 0 Å². The number of hydrogen-bond acceptors (Lipinski definition) is 3. The molecule has 1 heterocycles. The van der Waals surface area contributed by atoms with Gasteiger partial charge in [0.2, 0.25) is 0 Å². The Bertz CT molecular complexity index is 1110. The van der Waals surface area contributed by atoms with Crippen molar-refractivity contribution in [3.63, 3.8) is 0 Å². The van der Waals surface area contributed by atoms with Gasteiger partial charge in [0.1, 0.15) is 22.6 Å².